The zero-order chi connectivity index (χ0) is 29.8. The number of fused-ring (bicyclic) bond motifs is 1. The predicted molar refractivity (Wildman–Crippen MR) is 150 cm³/mol. The second-order valence-corrected chi connectivity index (χ2v) is 9.63. The summed E-state index contributed by atoms with van der Waals surface area (Å²) in [5.74, 6) is -3.79. The molecule has 220 valence electrons. The van der Waals surface area contributed by atoms with Crippen molar-refractivity contribution in [1.82, 2.24) is 20.9 Å². The molecule has 5 atom stereocenters. The van der Waals surface area contributed by atoms with Crippen LogP contribution in [0.2, 0.25) is 0 Å². The van der Waals surface area contributed by atoms with Crippen molar-refractivity contribution in [1.29, 1.82) is 0 Å². The normalized spacial score (nSPS) is 14.8. The second-order valence-electron chi connectivity index (χ2n) is 9.63. The van der Waals surface area contributed by atoms with Crippen molar-refractivity contribution in [3.63, 3.8) is 0 Å². The van der Waals surface area contributed by atoms with E-state index in [1.165, 1.54) is 0 Å². The van der Waals surface area contributed by atoms with Crippen LogP contribution in [0.15, 0.2) is 35.5 Å². The third kappa shape index (κ3) is 9.24. The van der Waals surface area contributed by atoms with Gasteiger partial charge in [-0.1, -0.05) is 38.5 Å². The molecule has 40 heavy (non-hydrogen) atoms. The first-order valence-electron chi connectivity index (χ1n) is 13.1. The minimum absolute atomic E-state index is 0.0113. The smallest absolute Gasteiger partial charge is 0.326 e. The standard InChI is InChI=1S/C26H40N8O6/c1-3-14(2)21(27)24(38)34-20(13-35)23(37)32-18(9-6-10-30-26(28)29)22(36)33-19(25(39)40)11-15-12-31-17-8-5-4-7-16(15)17/h4-5,7-8,12,14,18-21,31,35H,3,6,9-11,13,27H2,1-2H3,(H,32,37)(H,33,36)(H,34,38)(H,39,40)(H4,28,29,30). The number of aliphatic imine (C=N–C) groups is 1. The molecule has 0 aliphatic carbocycles. The Labute approximate surface area is 232 Å². The first-order chi connectivity index (χ1) is 19.0. The molecule has 0 fully saturated rings. The lowest BCUT2D eigenvalue weighted by Crippen LogP contribution is -2.58. The number of carboxylic acids is 1. The minimum atomic E-state index is -1.38. The van der Waals surface area contributed by atoms with Crippen LogP contribution in [0.4, 0.5) is 0 Å². The van der Waals surface area contributed by atoms with Gasteiger partial charge in [0.1, 0.15) is 18.1 Å². The van der Waals surface area contributed by atoms with Crippen molar-refractivity contribution in [3.8, 4) is 0 Å². The van der Waals surface area contributed by atoms with Gasteiger partial charge in [-0.25, -0.2) is 4.79 Å². The topological polar surface area (TPSA) is 251 Å². The predicted octanol–water partition coefficient (Wildman–Crippen LogP) is -1.33. The highest BCUT2D eigenvalue weighted by molar-refractivity contribution is 5.94. The third-order valence-electron chi connectivity index (χ3n) is 6.67. The number of rotatable bonds is 16. The van der Waals surface area contributed by atoms with Gasteiger partial charge in [0.15, 0.2) is 5.96 Å². The number of carbonyl (C=O) groups is 4. The van der Waals surface area contributed by atoms with Crippen LogP contribution in [0.5, 0.6) is 0 Å². The van der Waals surface area contributed by atoms with Gasteiger partial charge in [0.2, 0.25) is 17.7 Å². The molecule has 3 amide bonds. The lowest BCUT2D eigenvalue weighted by atomic mass is 9.99. The lowest BCUT2D eigenvalue weighted by Gasteiger charge is -2.25. The number of carbonyl (C=O) groups excluding carboxylic acids is 3. The Kier molecular flexibility index (Phi) is 12.4. The summed E-state index contributed by atoms with van der Waals surface area (Å²) in [6.45, 7) is 3.06. The Hall–Kier alpha value is -4.17. The number of amides is 3. The Bertz CT molecular complexity index is 1190. The van der Waals surface area contributed by atoms with Crippen molar-refractivity contribution in [2.75, 3.05) is 13.2 Å². The summed E-state index contributed by atoms with van der Waals surface area (Å²) < 4.78 is 0. The number of nitrogens with zero attached hydrogens (tertiary/aromatic N) is 1. The molecule has 14 heteroatoms. The number of aliphatic hydroxyl groups excluding tert-OH is 1. The average molecular weight is 561 g/mol. The van der Waals surface area contributed by atoms with Crippen LogP contribution < -0.4 is 33.2 Å². The Morgan fingerprint density at radius 3 is 2.25 bits per heavy atom. The highest BCUT2D eigenvalue weighted by Gasteiger charge is 2.31. The molecule has 1 aromatic heterocycles. The number of para-hydroxylation sites is 1. The van der Waals surface area contributed by atoms with Gasteiger partial charge in [-0.3, -0.25) is 19.4 Å². The van der Waals surface area contributed by atoms with Crippen LogP contribution in [0.1, 0.15) is 38.7 Å². The van der Waals surface area contributed by atoms with Crippen molar-refractivity contribution in [2.24, 2.45) is 28.1 Å². The molecule has 0 aliphatic rings. The molecule has 1 heterocycles. The maximum absolute atomic E-state index is 13.2. The fourth-order valence-electron chi connectivity index (χ4n) is 4.01. The van der Waals surface area contributed by atoms with Crippen LogP contribution in [-0.2, 0) is 25.6 Å². The van der Waals surface area contributed by atoms with Gasteiger partial charge in [-0.2, -0.15) is 0 Å². The van der Waals surface area contributed by atoms with Gasteiger partial charge in [-0.05, 0) is 30.4 Å². The number of aliphatic hydroxyl groups is 1. The number of hydrogen-bond acceptors (Lipinski definition) is 7. The number of H-pyrrole nitrogens is 1. The summed E-state index contributed by atoms with van der Waals surface area (Å²) in [6, 6.07) is 2.57. The van der Waals surface area contributed by atoms with Crippen LogP contribution in [0.3, 0.4) is 0 Å². The zero-order valence-corrected chi connectivity index (χ0v) is 22.7. The van der Waals surface area contributed by atoms with E-state index < -0.39 is 54.5 Å². The number of aromatic amines is 1. The molecule has 1 aromatic carbocycles. The number of guanidine groups is 1. The fourth-order valence-corrected chi connectivity index (χ4v) is 4.01. The Morgan fingerprint density at radius 1 is 1.00 bits per heavy atom. The SMILES string of the molecule is CCC(C)C(N)C(=O)NC(CO)C(=O)NC(CCCN=C(N)N)C(=O)NC(Cc1c[nH]c2ccccc12)C(=O)O. The molecular weight excluding hydrogens is 520 g/mol. The van der Waals surface area contributed by atoms with Crippen molar-refractivity contribution in [3.05, 3.63) is 36.0 Å². The molecule has 0 radical (unpaired) electrons. The zero-order valence-electron chi connectivity index (χ0n) is 22.7. The molecule has 0 spiro atoms. The van der Waals surface area contributed by atoms with Crippen molar-refractivity contribution < 1.29 is 29.4 Å². The van der Waals surface area contributed by atoms with Crippen molar-refractivity contribution >= 4 is 40.6 Å². The van der Waals surface area contributed by atoms with E-state index in [-0.39, 0.29) is 37.7 Å². The number of benzene rings is 1. The summed E-state index contributed by atoms with van der Waals surface area (Å²) in [5.41, 5.74) is 18.1. The maximum Gasteiger partial charge on any atom is 0.326 e. The van der Waals surface area contributed by atoms with E-state index in [9.17, 15) is 29.4 Å². The fraction of sp³-hybridized carbons (Fsp3) is 0.500. The van der Waals surface area contributed by atoms with E-state index >= 15 is 0 Å². The highest BCUT2D eigenvalue weighted by atomic mass is 16.4. The van der Waals surface area contributed by atoms with E-state index in [1.54, 1.807) is 13.1 Å². The highest BCUT2D eigenvalue weighted by Crippen LogP contribution is 2.19. The molecule has 0 aliphatic heterocycles. The first kappa shape index (κ1) is 32.0. The summed E-state index contributed by atoms with van der Waals surface area (Å²) in [5, 5.41) is 27.8. The van der Waals surface area contributed by atoms with Gasteiger partial charge >= 0.3 is 5.97 Å². The average Bonchev–Trinajstić information content (AvgIpc) is 3.34. The minimum Gasteiger partial charge on any atom is -0.480 e. The lowest BCUT2D eigenvalue weighted by molar-refractivity contribution is -0.142. The molecule has 0 saturated heterocycles. The molecule has 2 rings (SSSR count). The van der Waals surface area contributed by atoms with Gasteiger partial charge in [0.05, 0.1) is 12.6 Å². The van der Waals surface area contributed by atoms with Gasteiger partial charge in [-0.15, -0.1) is 0 Å². The maximum atomic E-state index is 13.2. The number of aromatic nitrogens is 1. The van der Waals surface area contributed by atoms with Crippen LogP contribution in [-0.4, -0.2) is 82.2 Å². The van der Waals surface area contributed by atoms with Gasteiger partial charge < -0.3 is 48.3 Å². The summed E-state index contributed by atoms with van der Waals surface area (Å²) in [4.78, 5) is 57.6. The number of hydrogen-bond donors (Lipinski definition) is 9. The quantitative estimate of drug-likeness (QED) is 0.0669. The van der Waals surface area contributed by atoms with Gasteiger partial charge in [0, 0.05) is 30.1 Å². The summed E-state index contributed by atoms with van der Waals surface area (Å²) >= 11 is 0. The number of nitrogens with two attached hydrogens (primary N) is 3. The summed E-state index contributed by atoms with van der Waals surface area (Å²) in [7, 11) is 0. The Morgan fingerprint density at radius 2 is 1.62 bits per heavy atom. The summed E-state index contributed by atoms with van der Waals surface area (Å²) in [6.07, 6.45) is 2.62. The molecular formula is C26H40N8O6. The number of carboxylic acid groups (broad SMARTS) is 1. The first-order valence-corrected chi connectivity index (χ1v) is 13.1. The molecule has 0 bridgehead atoms. The van der Waals surface area contributed by atoms with Gasteiger partial charge in [0.25, 0.3) is 0 Å². The largest absolute Gasteiger partial charge is 0.480 e. The van der Waals surface area contributed by atoms with Crippen molar-refractivity contribution in [2.45, 2.75) is 63.7 Å². The third-order valence-corrected chi connectivity index (χ3v) is 6.67. The second kappa shape index (κ2) is 15.4. The molecule has 0 saturated carbocycles. The van der Waals surface area contributed by atoms with E-state index in [0.29, 0.717) is 12.0 Å². The van der Waals surface area contributed by atoms with Crippen LogP contribution >= 0.6 is 0 Å². The van der Waals surface area contributed by atoms with Crippen LogP contribution in [0, 0.1) is 5.92 Å². The molecule has 2 aromatic rings. The Balaban J connectivity index is 2.17. The molecule has 5 unspecified atom stereocenters. The van der Waals surface area contributed by atoms with E-state index in [2.05, 4.69) is 25.9 Å². The number of nitrogens with one attached hydrogen (secondary N) is 4. The number of aliphatic carboxylic acids is 1. The van der Waals surface area contributed by atoms with Crippen LogP contribution in [0.25, 0.3) is 10.9 Å². The monoisotopic (exact) mass is 560 g/mol. The van der Waals surface area contributed by atoms with E-state index in [0.717, 1.165) is 10.9 Å². The van der Waals surface area contributed by atoms with E-state index in [4.69, 9.17) is 17.2 Å². The molecule has 12 N–H and O–H groups in total. The van der Waals surface area contributed by atoms with E-state index in [1.807, 2.05) is 31.2 Å². The molecule has 14 nitrogen and oxygen atoms in total.